The van der Waals surface area contributed by atoms with Gasteiger partial charge in [0.15, 0.2) is 0 Å². The zero-order chi connectivity index (χ0) is 19.9. The summed E-state index contributed by atoms with van der Waals surface area (Å²) in [5.74, 6) is 0.510. The van der Waals surface area contributed by atoms with E-state index in [1.165, 1.54) is 0 Å². The van der Waals surface area contributed by atoms with Gasteiger partial charge in [0, 0.05) is 24.9 Å². The summed E-state index contributed by atoms with van der Waals surface area (Å²) in [6.45, 7) is 1.42. The maximum atomic E-state index is 13.0. The Bertz CT molecular complexity index is 724. The number of amides is 2. The monoisotopic (exact) mass is 385 g/mol. The van der Waals surface area contributed by atoms with E-state index >= 15 is 0 Å². The number of likely N-dealkylation sites (N-methyl/N-ethyl adjacent to an activating group) is 1. The largest absolute Gasteiger partial charge is 0.394 e. The standard InChI is InChI=1S/C22H31N3O3/c1-23(2)12-19(27)25-18(13-26)20(16-8-4-3-5-9-16)22(25)14-24(15-22)21(28)17-10-6-7-11-17/h3-5,8-9,17-18,20,26H,6-7,10-15H2,1-2H3/t18-,20-/m1/s1. The summed E-state index contributed by atoms with van der Waals surface area (Å²) in [7, 11) is 3.76. The smallest absolute Gasteiger partial charge is 0.237 e. The summed E-state index contributed by atoms with van der Waals surface area (Å²) in [5.41, 5.74) is 0.763. The molecule has 0 aromatic heterocycles. The van der Waals surface area contributed by atoms with Crippen molar-refractivity contribution in [3.63, 3.8) is 0 Å². The Morgan fingerprint density at radius 1 is 1.14 bits per heavy atom. The summed E-state index contributed by atoms with van der Waals surface area (Å²) in [5, 5.41) is 10.1. The topological polar surface area (TPSA) is 64.1 Å². The molecule has 152 valence electrons. The molecule has 2 atom stereocenters. The molecule has 1 spiro atoms. The first-order valence-corrected chi connectivity index (χ1v) is 10.4. The van der Waals surface area contributed by atoms with Crippen LogP contribution in [0.3, 0.4) is 0 Å². The van der Waals surface area contributed by atoms with Crippen molar-refractivity contribution in [1.29, 1.82) is 0 Å². The van der Waals surface area contributed by atoms with Gasteiger partial charge in [-0.2, -0.15) is 0 Å². The third kappa shape index (κ3) is 3.03. The third-order valence-corrected chi connectivity index (χ3v) is 6.79. The van der Waals surface area contributed by atoms with Gasteiger partial charge in [0.05, 0.1) is 24.7 Å². The van der Waals surface area contributed by atoms with Crippen LogP contribution in [0.15, 0.2) is 30.3 Å². The normalized spacial score (nSPS) is 26.4. The minimum absolute atomic E-state index is 0.0317. The van der Waals surface area contributed by atoms with Crippen LogP contribution in [0.4, 0.5) is 0 Å². The van der Waals surface area contributed by atoms with Gasteiger partial charge in [0.2, 0.25) is 11.8 Å². The highest BCUT2D eigenvalue weighted by atomic mass is 16.3. The lowest BCUT2D eigenvalue weighted by atomic mass is 9.60. The molecule has 2 aliphatic heterocycles. The predicted molar refractivity (Wildman–Crippen MR) is 107 cm³/mol. The number of hydrogen-bond donors (Lipinski definition) is 1. The summed E-state index contributed by atoms with van der Waals surface area (Å²) in [6.07, 6.45) is 4.27. The Morgan fingerprint density at radius 2 is 1.79 bits per heavy atom. The highest BCUT2D eigenvalue weighted by Crippen LogP contribution is 2.54. The quantitative estimate of drug-likeness (QED) is 0.830. The molecular weight excluding hydrogens is 354 g/mol. The Morgan fingerprint density at radius 3 is 2.36 bits per heavy atom. The maximum absolute atomic E-state index is 13.0. The zero-order valence-corrected chi connectivity index (χ0v) is 16.9. The van der Waals surface area contributed by atoms with Crippen LogP contribution in [0.25, 0.3) is 0 Å². The van der Waals surface area contributed by atoms with Gasteiger partial charge in [-0.25, -0.2) is 0 Å². The van der Waals surface area contributed by atoms with Gasteiger partial charge in [-0.05, 0) is 32.5 Å². The fraction of sp³-hybridized carbons (Fsp3) is 0.636. The summed E-state index contributed by atoms with van der Waals surface area (Å²) >= 11 is 0. The molecular formula is C22H31N3O3. The average Bonchev–Trinajstić information content (AvgIpc) is 3.14. The van der Waals surface area contributed by atoms with Gasteiger partial charge in [-0.15, -0.1) is 0 Å². The third-order valence-electron chi connectivity index (χ3n) is 6.79. The summed E-state index contributed by atoms with van der Waals surface area (Å²) in [4.78, 5) is 31.5. The molecule has 1 aliphatic carbocycles. The van der Waals surface area contributed by atoms with Crippen molar-refractivity contribution >= 4 is 11.8 Å². The maximum Gasteiger partial charge on any atom is 0.237 e. The molecule has 3 fully saturated rings. The number of hydrogen-bond acceptors (Lipinski definition) is 4. The van der Waals surface area contributed by atoms with Crippen LogP contribution in [-0.4, -0.2) is 83.5 Å². The second-order valence-electron chi connectivity index (χ2n) is 8.92. The molecule has 28 heavy (non-hydrogen) atoms. The van der Waals surface area contributed by atoms with Crippen LogP contribution < -0.4 is 0 Å². The van der Waals surface area contributed by atoms with E-state index in [2.05, 4.69) is 12.1 Å². The van der Waals surface area contributed by atoms with Crippen LogP contribution in [0.5, 0.6) is 0 Å². The SMILES string of the molecule is CN(C)CC(=O)N1[C@H](CO)[C@@H](c2ccccc2)C12CN(C(=O)C1CCCC1)C2. The Labute approximate surface area is 167 Å². The highest BCUT2D eigenvalue weighted by Gasteiger charge is 2.68. The number of carbonyl (C=O) groups excluding carboxylic acids is 2. The zero-order valence-electron chi connectivity index (χ0n) is 16.9. The second-order valence-corrected chi connectivity index (χ2v) is 8.92. The lowest BCUT2D eigenvalue weighted by Gasteiger charge is -2.70. The van der Waals surface area contributed by atoms with E-state index in [4.69, 9.17) is 0 Å². The van der Waals surface area contributed by atoms with Gasteiger partial charge in [-0.3, -0.25) is 9.59 Å². The molecule has 1 saturated carbocycles. The number of nitrogens with zero attached hydrogens (tertiary/aromatic N) is 3. The molecule has 0 bridgehead atoms. The molecule has 1 N–H and O–H groups in total. The van der Waals surface area contributed by atoms with Crippen LogP contribution in [0, 0.1) is 5.92 Å². The van der Waals surface area contributed by atoms with Crippen LogP contribution in [-0.2, 0) is 9.59 Å². The van der Waals surface area contributed by atoms with E-state index in [-0.39, 0.29) is 41.8 Å². The van der Waals surface area contributed by atoms with E-state index in [1.807, 2.05) is 47.0 Å². The first kappa shape index (κ1) is 19.4. The van der Waals surface area contributed by atoms with Crippen molar-refractivity contribution in [2.75, 3.05) is 40.3 Å². The number of likely N-dealkylation sites (tertiary alicyclic amines) is 2. The van der Waals surface area contributed by atoms with Gasteiger partial charge in [-0.1, -0.05) is 43.2 Å². The number of rotatable bonds is 5. The van der Waals surface area contributed by atoms with Gasteiger partial charge in [0.1, 0.15) is 0 Å². The molecule has 1 aromatic carbocycles. The van der Waals surface area contributed by atoms with E-state index in [0.717, 1.165) is 31.2 Å². The minimum Gasteiger partial charge on any atom is -0.394 e. The van der Waals surface area contributed by atoms with Crippen LogP contribution in [0.1, 0.15) is 37.2 Å². The molecule has 6 heteroatoms. The molecule has 0 radical (unpaired) electrons. The fourth-order valence-electron chi connectivity index (χ4n) is 5.62. The lowest BCUT2D eigenvalue weighted by Crippen LogP contribution is -2.86. The molecule has 1 aromatic rings. The molecule has 2 amide bonds. The molecule has 2 heterocycles. The fourth-order valence-corrected chi connectivity index (χ4v) is 5.62. The van der Waals surface area contributed by atoms with E-state index in [0.29, 0.717) is 19.6 Å². The van der Waals surface area contributed by atoms with E-state index in [1.54, 1.807) is 0 Å². The van der Waals surface area contributed by atoms with Crippen molar-refractivity contribution in [2.24, 2.45) is 5.92 Å². The van der Waals surface area contributed by atoms with Gasteiger partial charge >= 0.3 is 0 Å². The molecule has 6 nitrogen and oxygen atoms in total. The van der Waals surface area contributed by atoms with Crippen molar-refractivity contribution in [3.05, 3.63) is 35.9 Å². The first-order valence-electron chi connectivity index (χ1n) is 10.4. The Hall–Kier alpha value is -1.92. The lowest BCUT2D eigenvalue weighted by molar-refractivity contribution is -0.204. The van der Waals surface area contributed by atoms with E-state index < -0.39 is 0 Å². The van der Waals surface area contributed by atoms with E-state index in [9.17, 15) is 14.7 Å². The van der Waals surface area contributed by atoms with Crippen LogP contribution in [0.2, 0.25) is 0 Å². The Balaban J connectivity index is 1.58. The highest BCUT2D eigenvalue weighted by molar-refractivity contribution is 5.84. The predicted octanol–water partition coefficient (Wildman–Crippen LogP) is 1.31. The molecule has 2 saturated heterocycles. The number of carbonyl (C=O) groups is 2. The number of benzene rings is 1. The Kier molecular flexibility index (Phi) is 5.19. The second kappa shape index (κ2) is 7.48. The number of aliphatic hydroxyl groups excluding tert-OH is 1. The molecule has 0 unspecified atom stereocenters. The minimum atomic E-state index is -0.379. The number of aliphatic hydroxyl groups is 1. The average molecular weight is 386 g/mol. The summed E-state index contributed by atoms with van der Waals surface area (Å²) < 4.78 is 0. The van der Waals surface area contributed by atoms with Crippen LogP contribution >= 0.6 is 0 Å². The van der Waals surface area contributed by atoms with Crippen molar-refractivity contribution in [3.8, 4) is 0 Å². The van der Waals surface area contributed by atoms with Crippen molar-refractivity contribution < 1.29 is 14.7 Å². The van der Waals surface area contributed by atoms with Crippen molar-refractivity contribution in [2.45, 2.75) is 43.2 Å². The first-order chi connectivity index (χ1) is 13.5. The molecule has 3 aliphatic rings. The van der Waals surface area contributed by atoms with Crippen molar-refractivity contribution in [1.82, 2.24) is 14.7 Å². The van der Waals surface area contributed by atoms with Gasteiger partial charge in [0.25, 0.3) is 0 Å². The van der Waals surface area contributed by atoms with Gasteiger partial charge < -0.3 is 19.8 Å². The molecule has 4 rings (SSSR count). The summed E-state index contributed by atoms with van der Waals surface area (Å²) in [6, 6.07) is 9.91.